The summed E-state index contributed by atoms with van der Waals surface area (Å²) in [6.45, 7) is 6.59. The third-order valence-electron chi connectivity index (χ3n) is 3.81. The molecule has 0 aliphatic rings. The third-order valence-corrected chi connectivity index (χ3v) is 9.42. The Morgan fingerprint density at radius 3 is 2.42 bits per heavy atom. The van der Waals surface area contributed by atoms with Crippen LogP contribution in [0.4, 0.5) is 0 Å². The molecule has 0 radical (unpaired) electrons. The van der Waals surface area contributed by atoms with Crippen molar-refractivity contribution in [3.63, 3.8) is 0 Å². The van der Waals surface area contributed by atoms with E-state index in [2.05, 4.69) is 26.8 Å². The summed E-state index contributed by atoms with van der Waals surface area (Å²) in [5, 5.41) is 10.9. The Balaban J connectivity index is 2.81. The summed E-state index contributed by atoms with van der Waals surface area (Å²) in [7, 11) is -1.69. The predicted molar refractivity (Wildman–Crippen MR) is 82.2 cm³/mol. The van der Waals surface area contributed by atoms with Gasteiger partial charge >= 0.3 is 5.97 Å². The van der Waals surface area contributed by atoms with Gasteiger partial charge in [-0.05, 0) is 36.0 Å². The minimum atomic E-state index is -1.69. The van der Waals surface area contributed by atoms with Crippen LogP contribution in [0, 0.1) is 0 Å². The molecule has 1 N–H and O–H groups in total. The Kier molecular flexibility index (Phi) is 6.75. The minimum absolute atomic E-state index is 0.0392. The Morgan fingerprint density at radius 1 is 1.37 bits per heavy atom. The van der Waals surface area contributed by atoms with Gasteiger partial charge in [0.1, 0.15) is 0 Å². The maximum absolute atomic E-state index is 10.8. The lowest BCUT2D eigenvalue weighted by molar-refractivity contribution is -0.137. The van der Waals surface area contributed by atoms with Gasteiger partial charge in [-0.25, -0.2) is 0 Å². The summed E-state index contributed by atoms with van der Waals surface area (Å²) in [6, 6.07) is 7.33. The van der Waals surface area contributed by atoms with E-state index in [9.17, 15) is 4.79 Å². The van der Waals surface area contributed by atoms with Gasteiger partial charge < -0.3 is 9.53 Å². The molecular weight excluding hydrogens is 276 g/mol. The second-order valence-corrected chi connectivity index (χ2v) is 10.5. The molecule has 0 aliphatic carbocycles. The highest BCUT2D eigenvalue weighted by molar-refractivity contribution is 7.10. The van der Waals surface area contributed by atoms with Crippen molar-refractivity contribution in [2.24, 2.45) is 0 Å². The standard InChI is InChI=1S/C14H24O3SSi/c1-4-19(5-2,6-3)17-12(9-10-14(15)16)13-8-7-11-18-13/h7-8,11-12H,4-6,9-10H2,1-3H3,(H,15,16). The topological polar surface area (TPSA) is 46.5 Å². The fourth-order valence-electron chi connectivity index (χ4n) is 2.29. The second kappa shape index (κ2) is 7.82. The molecule has 0 aromatic carbocycles. The van der Waals surface area contributed by atoms with Gasteiger partial charge in [0.05, 0.1) is 6.10 Å². The zero-order valence-corrected chi connectivity index (χ0v) is 13.8. The first kappa shape index (κ1) is 16.4. The van der Waals surface area contributed by atoms with Crippen LogP contribution in [0.2, 0.25) is 18.1 Å². The molecule has 1 heterocycles. The predicted octanol–water partition coefficient (Wildman–Crippen LogP) is 4.68. The zero-order valence-electron chi connectivity index (χ0n) is 12.0. The van der Waals surface area contributed by atoms with Crippen LogP contribution in [-0.4, -0.2) is 19.4 Å². The molecule has 1 aromatic heterocycles. The molecule has 0 saturated heterocycles. The number of rotatable bonds is 9. The van der Waals surface area contributed by atoms with Crippen molar-refractivity contribution in [3.05, 3.63) is 22.4 Å². The first-order chi connectivity index (χ1) is 9.06. The molecule has 1 atom stereocenters. The second-order valence-electron chi connectivity index (χ2n) is 4.80. The van der Waals surface area contributed by atoms with Crippen LogP contribution < -0.4 is 0 Å². The van der Waals surface area contributed by atoms with Crippen molar-refractivity contribution >= 4 is 25.6 Å². The molecular formula is C14H24O3SSi. The van der Waals surface area contributed by atoms with E-state index in [4.69, 9.17) is 9.53 Å². The van der Waals surface area contributed by atoms with Crippen molar-refractivity contribution in [3.8, 4) is 0 Å². The number of aliphatic carboxylic acids is 1. The molecule has 0 aliphatic heterocycles. The molecule has 1 unspecified atom stereocenters. The zero-order chi connectivity index (χ0) is 14.3. The molecule has 19 heavy (non-hydrogen) atoms. The quantitative estimate of drug-likeness (QED) is 0.674. The average Bonchev–Trinajstić information content (AvgIpc) is 2.94. The fourth-order valence-corrected chi connectivity index (χ4v) is 6.01. The van der Waals surface area contributed by atoms with Crippen molar-refractivity contribution in [2.45, 2.75) is 57.8 Å². The summed E-state index contributed by atoms with van der Waals surface area (Å²) in [4.78, 5) is 12.0. The smallest absolute Gasteiger partial charge is 0.303 e. The summed E-state index contributed by atoms with van der Waals surface area (Å²) in [5.74, 6) is -0.748. The Hall–Kier alpha value is -0.653. The van der Waals surface area contributed by atoms with E-state index >= 15 is 0 Å². The molecule has 1 aromatic rings. The molecule has 3 nitrogen and oxygen atoms in total. The molecule has 0 amide bonds. The van der Waals surface area contributed by atoms with Crippen molar-refractivity contribution in [1.82, 2.24) is 0 Å². The fraction of sp³-hybridized carbons (Fsp3) is 0.643. The van der Waals surface area contributed by atoms with Crippen molar-refractivity contribution in [1.29, 1.82) is 0 Å². The summed E-state index contributed by atoms with van der Waals surface area (Å²) in [5.41, 5.74) is 0. The van der Waals surface area contributed by atoms with Gasteiger partial charge in [0.2, 0.25) is 0 Å². The van der Waals surface area contributed by atoms with E-state index in [0.717, 1.165) is 23.0 Å². The van der Waals surface area contributed by atoms with Crippen LogP contribution in [0.5, 0.6) is 0 Å². The Morgan fingerprint density at radius 2 is 2.00 bits per heavy atom. The third kappa shape index (κ3) is 4.74. The highest BCUT2D eigenvalue weighted by atomic mass is 32.1. The van der Waals surface area contributed by atoms with Gasteiger partial charge in [0, 0.05) is 11.3 Å². The van der Waals surface area contributed by atoms with Crippen LogP contribution in [0.25, 0.3) is 0 Å². The summed E-state index contributed by atoms with van der Waals surface area (Å²) < 4.78 is 6.47. The van der Waals surface area contributed by atoms with Gasteiger partial charge in [-0.1, -0.05) is 26.8 Å². The van der Waals surface area contributed by atoms with E-state index < -0.39 is 14.3 Å². The Bertz CT molecular complexity index is 366. The van der Waals surface area contributed by atoms with E-state index in [1.807, 2.05) is 11.4 Å². The number of carboxylic acid groups (broad SMARTS) is 1. The molecule has 0 fully saturated rings. The minimum Gasteiger partial charge on any atom is -0.481 e. The average molecular weight is 300 g/mol. The molecule has 108 valence electrons. The van der Waals surface area contributed by atoms with Gasteiger partial charge in [-0.3, -0.25) is 4.79 Å². The van der Waals surface area contributed by atoms with Gasteiger partial charge in [-0.15, -0.1) is 11.3 Å². The van der Waals surface area contributed by atoms with Crippen LogP contribution in [0.1, 0.15) is 44.6 Å². The molecule has 0 spiro atoms. The Labute approximate surface area is 120 Å². The van der Waals surface area contributed by atoms with E-state index in [1.165, 1.54) is 0 Å². The van der Waals surface area contributed by atoms with Crippen molar-refractivity contribution < 1.29 is 14.3 Å². The van der Waals surface area contributed by atoms with Crippen LogP contribution in [0.15, 0.2) is 17.5 Å². The summed E-state index contributed by atoms with van der Waals surface area (Å²) >= 11 is 1.66. The maximum Gasteiger partial charge on any atom is 0.303 e. The number of hydrogen-bond donors (Lipinski definition) is 1. The molecule has 0 bridgehead atoms. The number of hydrogen-bond acceptors (Lipinski definition) is 3. The lowest BCUT2D eigenvalue weighted by Gasteiger charge is -2.32. The normalized spacial score (nSPS) is 13.4. The van der Waals surface area contributed by atoms with Crippen molar-refractivity contribution in [2.75, 3.05) is 0 Å². The lowest BCUT2D eigenvalue weighted by Crippen LogP contribution is -2.37. The van der Waals surface area contributed by atoms with E-state index in [-0.39, 0.29) is 12.5 Å². The number of carboxylic acids is 1. The largest absolute Gasteiger partial charge is 0.481 e. The maximum atomic E-state index is 10.8. The van der Waals surface area contributed by atoms with E-state index in [1.54, 1.807) is 11.3 Å². The molecule has 5 heteroatoms. The van der Waals surface area contributed by atoms with Gasteiger partial charge in [0.25, 0.3) is 0 Å². The van der Waals surface area contributed by atoms with Crippen LogP contribution in [-0.2, 0) is 9.22 Å². The van der Waals surface area contributed by atoms with Crippen LogP contribution in [0.3, 0.4) is 0 Å². The lowest BCUT2D eigenvalue weighted by atomic mass is 10.2. The monoisotopic (exact) mass is 300 g/mol. The summed E-state index contributed by atoms with van der Waals surface area (Å²) in [6.07, 6.45) is 0.706. The highest BCUT2D eigenvalue weighted by Crippen LogP contribution is 2.34. The molecule has 0 saturated carbocycles. The number of thiophene rings is 1. The first-order valence-electron chi connectivity index (χ1n) is 7.00. The SMILES string of the molecule is CC[Si](CC)(CC)OC(CCC(=O)O)c1cccs1. The first-order valence-corrected chi connectivity index (χ1v) is 10.4. The highest BCUT2D eigenvalue weighted by Gasteiger charge is 2.32. The molecule has 1 rings (SSSR count). The van der Waals surface area contributed by atoms with Gasteiger partial charge in [-0.2, -0.15) is 0 Å². The van der Waals surface area contributed by atoms with Gasteiger partial charge in [0.15, 0.2) is 8.32 Å². The van der Waals surface area contributed by atoms with Crippen LogP contribution >= 0.6 is 11.3 Å². The number of carbonyl (C=O) groups is 1. The van der Waals surface area contributed by atoms with E-state index in [0.29, 0.717) is 6.42 Å².